The maximum absolute atomic E-state index is 14.5. The highest BCUT2D eigenvalue weighted by atomic mass is 31.2. The molecular weight excluding hydrogens is 682 g/mol. The molecule has 49 heavy (non-hydrogen) atoms. The molecule has 0 amide bonds. The van der Waals surface area contributed by atoms with Gasteiger partial charge in [-0.2, -0.15) is 18.3 Å². The number of hydrogen-bond donors (Lipinski definition) is 3. The third-order valence-electron chi connectivity index (χ3n) is 6.98. The lowest BCUT2D eigenvalue weighted by Gasteiger charge is -2.29. The van der Waals surface area contributed by atoms with E-state index in [0.29, 0.717) is 12.1 Å². The van der Waals surface area contributed by atoms with Gasteiger partial charge in [-0.15, -0.1) is 0 Å². The zero-order chi connectivity index (χ0) is 35.3. The van der Waals surface area contributed by atoms with Crippen molar-refractivity contribution in [3.8, 4) is 28.5 Å². The number of carbonyl (C=O) groups excluding carboxylic acids is 1. The van der Waals surface area contributed by atoms with E-state index in [0.717, 1.165) is 24.5 Å². The maximum Gasteiger partial charge on any atom is 0.469 e. The summed E-state index contributed by atoms with van der Waals surface area (Å²) >= 11 is 0. The van der Waals surface area contributed by atoms with Gasteiger partial charge >= 0.3 is 20.0 Å². The molecule has 4 aromatic rings. The number of hydrazone groups is 1. The molecule has 19 heteroatoms. The fourth-order valence-electron chi connectivity index (χ4n) is 4.76. The van der Waals surface area contributed by atoms with Gasteiger partial charge in [0.1, 0.15) is 17.3 Å². The average molecular weight is 711 g/mol. The number of ether oxygens (including phenoxy) is 2. The van der Waals surface area contributed by atoms with Crippen LogP contribution in [0.4, 0.5) is 22.0 Å². The second-order valence-electron chi connectivity index (χ2n) is 10.5. The summed E-state index contributed by atoms with van der Waals surface area (Å²) in [5, 5.41) is 5.50. The Morgan fingerprint density at radius 1 is 1.08 bits per heavy atom. The Hall–Kier alpha value is -4.77. The van der Waals surface area contributed by atoms with Crippen LogP contribution in [0.5, 0.6) is 5.75 Å². The smallest absolute Gasteiger partial charge is 0.469 e. The lowest BCUT2D eigenvalue weighted by Crippen LogP contribution is -2.34. The minimum Gasteiger partial charge on any atom is -0.494 e. The van der Waals surface area contributed by atoms with E-state index in [-0.39, 0.29) is 66.0 Å². The van der Waals surface area contributed by atoms with Crippen LogP contribution in [-0.2, 0) is 31.3 Å². The second-order valence-corrected chi connectivity index (χ2v) is 11.8. The fourth-order valence-corrected chi connectivity index (χ4v) is 5.13. The van der Waals surface area contributed by atoms with Gasteiger partial charge in [0.05, 0.1) is 49.4 Å². The number of aromatic amines is 1. The summed E-state index contributed by atoms with van der Waals surface area (Å²) in [6.07, 6.45) is -0.730. The number of phosphoric ester groups is 1. The Morgan fingerprint density at radius 3 is 2.53 bits per heavy atom. The highest BCUT2D eigenvalue weighted by molar-refractivity contribution is 7.46. The van der Waals surface area contributed by atoms with Gasteiger partial charge in [0.25, 0.3) is 0 Å². The standard InChI is InChI=1S/C30H28F5N6O7P/c1-2-9-46-18-7-8-19(21(12-18)30(33,34)35)27-36-13-17(14-37-27)26(29(42)47-10-4-11-48-49(43,44)45)41-16-24-23(15-38-41)39-28(40-24)20-5-3-6-22(31)25(20)32/h3,5-8,12-15,26H,2,4,9-11,16H2,1H3,(H,39,40)(H2,43,44,45). The Morgan fingerprint density at radius 2 is 1.84 bits per heavy atom. The lowest BCUT2D eigenvalue weighted by molar-refractivity contribution is -0.151. The Kier molecular flexibility index (Phi) is 10.7. The average Bonchev–Trinajstić information content (AvgIpc) is 3.48. The largest absolute Gasteiger partial charge is 0.494 e. The highest BCUT2D eigenvalue weighted by Crippen LogP contribution is 2.39. The van der Waals surface area contributed by atoms with Crippen molar-refractivity contribution in [1.29, 1.82) is 0 Å². The van der Waals surface area contributed by atoms with Gasteiger partial charge in [0, 0.05) is 29.9 Å². The summed E-state index contributed by atoms with van der Waals surface area (Å²) in [4.78, 5) is 46.5. The number of carbonyl (C=O) groups is 1. The molecule has 0 fully saturated rings. The normalized spacial score (nSPS) is 13.7. The number of alkyl halides is 3. The summed E-state index contributed by atoms with van der Waals surface area (Å²) in [5.41, 5.74) is -0.806. The van der Waals surface area contributed by atoms with E-state index in [1.807, 2.05) is 6.92 Å². The molecule has 2 aromatic carbocycles. The predicted octanol–water partition coefficient (Wildman–Crippen LogP) is 5.55. The molecule has 1 aliphatic heterocycles. The second kappa shape index (κ2) is 14.8. The zero-order valence-electron chi connectivity index (χ0n) is 25.5. The molecule has 1 unspecified atom stereocenters. The molecule has 1 aliphatic rings. The molecule has 13 nitrogen and oxygen atoms in total. The highest BCUT2D eigenvalue weighted by Gasteiger charge is 2.36. The van der Waals surface area contributed by atoms with E-state index < -0.39 is 49.8 Å². The molecule has 2 aromatic heterocycles. The number of fused-ring (bicyclic) bond motifs is 1. The van der Waals surface area contributed by atoms with Gasteiger partial charge in [-0.05, 0) is 36.8 Å². The lowest BCUT2D eigenvalue weighted by atomic mass is 10.0. The first kappa shape index (κ1) is 35.5. The maximum atomic E-state index is 14.5. The van der Waals surface area contributed by atoms with Gasteiger partial charge in [-0.1, -0.05) is 13.0 Å². The van der Waals surface area contributed by atoms with Crippen molar-refractivity contribution in [2.75, 3.05) is 19.8 Å². The minimum atomic E-state index is -4.77. The topological polar surface area (TPSA) is 172 Å². The van der Waals surface area contributed by atoms with Crippen LogP contribution in [0.15, 0.2) is 53.9 Å². The first-order valence-electron chi connectivity index (χ1n) is 14.6. The number of esters is 1. The molecule has 0 saturated heterocycles. The summed E-state index contributed by atoms with van der Waals surface area (Å²) in [6.45, 7) is 1.13. The monoisotopic (exact) mass is 710 g/mol. The van der Waals surface area contributed by atoms with Crippen LogP contribution in [0.2, 0.25) is 0 Å². The van der Waals surface area contributed by atoms with Crippen molar-refractivity contribution in [3.05, 3.63) is 82.9 Å². The number of rotatable bonds is 13. The first-order chi connectivity index (χ1) is 23.2. The van der Waals surface area contributed by atoms with E-state index in [2.05, 4.69) is 29.6 Å². The number of benzene rings is 2. The van der Waals surface area contributed by atoms with Crippen molar-refractivity contribution in [2.45, 2.75) is 38.5 Å². The molecule has 5 rings (SSSR count). The van der Waals surface area contributed by atoms with Crippen molar-refractivity contribution >= 4 is 20.0 Å². The summed E-state index contributed by atoms with van der Waals surface area (Å²) < 4.78 is 96.3. The molecule has 260 valence electrons. The van der Waals surface area contributed by atoms with Crippen LogP contribution < -0.4 is 4.74 Å². The van der Waals surface area contributed by atoms with Crippen LogP contribution in [-0.4, -0.2) is 66.7 Å². The number of hydrogen-bond acceptors (Lipinski definition) is 10. The fraction of sp³-hybridized carbons (Fsp3) is 0.300. The Labute approximate surface area is 275 Å². The molecule has 3 N–H and O–H groups in total. The number of nitrogens with one attached hydrogen (secondary N) is 1. The van der Waals surface area contributed by atoms with Crippen molar-refractivity contribution < 1.29 is 55.1 Å². The SMILES string of the molecule is CCCOc1ccc(-c2ncc(C(C(=O)OCCCOP(=O)(O)O)N3Cc4[nH]c(-c5cccc(F)c5F)nc4C=N3)cn2)c(C(F)(F)F)c1. The molecule has 0 aliphatic carbocycles. The van der Waals surface area contributed by atoms with Gasteiger partial charge in [0.15, 0.2) is 23.5 Å². The molecular formula is C30H28F5N6O7P. The van der Waals surface area contributed by atoms with E-state index >= 15 is 0 Å². The Balaban J connectivity index is 1.43. The number of H-pyrrole nitrogens is 1. The molecule has 0 bridgehead atoms. The van der Waals surface area contributed by atoms with E-state index in [1.165, 1.54) is 35.5 Å². The van der Waals surface area contributed by atoms with E-state index in [9.17, 15) is 31.3 Å². The van der Waals surface area contributed by atoms with Gasteiger partial charge in [-0.25, -0.2) is 33.1 Å². The van der Waals surface area contributed by atoms with Crippen LogP contribution in [0.3, 0.4) is 0 Å². The number of phosphoric acid groups is 1. The Bertz CT molecular complexity index is 1880. The van der Waals surface area contributed by atoms with E-state index in [4.69, 9.17) is 19.3 Å². The van der Waals surface area contributed by atoms with Gasteiger partial charge in [0.2, 0.25) is 0 Å². The van der Waals surface area contributed by atoms with Gasteiger partial charge in [-0.3, -0.25) is 9.53 Å². The molecule has 0 spiro atoms. The van der Waals surface area contributed by atoms with Gasteiger partial charge < -0.3 is 24.2 Å². The van der Waals surface area contributed by atoms with Crippen LogP contribution in [0, 0.1) is 11.6 Å². The van der Waals surface area contributed by atoms with E-state index in [1.54, 1.807) is 0 Å². The molecule has 0 saturated carbocycles. The number of nitrogens with zero attached hydrogens (tertiary/aromatic N) is 5. The number of halogens is 5. The summed E-state index contributed by atoms with van der Waals surface area (Å²) in [5.74, 6) is -3.40. The van der Waals surface area contributed by atoms with Crippen LogP contribution >= 0.6 is 7.82 Å². The zero-order valence-corrected chi connectivity index (χ0v) is 26.4. The molecule has 0 radical (unpaired) electrons. The van der Waals surface area contributed by atoms with Crippen molar-refractivity contribution in [1.82, 2.24) is 24.9 Å². The van der Waals surface area contributed by atoms with Crippen molar-refractivity contribution in [3.63, 3.8) is 0 Å². The molecule has 3 heterocycles. The van der Waals surface area contributed by atoms with Crippen molar-refractivity contribution in [2.24, 2.45) is 5.10 Å². The number of imidazole rings is 1. The third kappa shape index (κ3) is 8.64. The predicted molar refractivity (Wildman–Crippen MR) is 162 cm³/mol. The van der Waals surface area contributed by atoms with Crippen LogP contribution in [0.25, 0.3) is 22.8 Å². The summed E-state index contributed by atoms with van der Waals surface area (Å²) in [6, 6.07) is 5.60. The number of aromatic nitrogens is 4. The third-order valence-corrected chi connectivity index (χ3v) is 7.50. The first-order valence-corrected chi connectivity index (χ1v) is 16.1. The quantitative estimate of drug-likeness (QED) is 0.0687. The summed E-state index contributed by atoms with van der Waals surface area (Å²) in [7, 11) is -4.74. The molecule has 1 atom stereocenters. The van der Waals surface area contributed by atoms with Crippen LogP contribution in [0.1, 0.15) is 48.3 Å². The minimum absolute atomic E-state index is 0.00116.